The number of hydrogen-bond acceptors (Lipinski definition) is 2. The van der Waals surface area contributed by atoms with Crippen LogP contribution in [0, 0.1) is 0 Å². The van der Waals surface area contributed by atoms with E-state index in [9.17, 15) is 0 Å². The maximum Gasteiger partial charge on any atom is 0.0354 e. The minimum absolute atomic E-state index is 0.437. The fourth-order valence-electron chi connectivity index (χ4n) is 0.992. The van der Waals surface area contributed by atoms with Gasteiger partial charge in [-0.1, -0.05) is 11.6 Å². The number of nitrogens with one attached hydrogen (secondary N) is 1. The summed E-state index contributed by atoms with van der Waals surface area (Å²) in [6, 6.07) is 0.437. The first kappa shape index (κ1) is 11.0. The molecule has 1 atom stereocenters. The van der Waals surface area contributed by atoms with Gasteiger partial charge in [0, 0.05) is 15.9 Å². The molecule has 0 fully saturated rings. The van der Waals surface area contributed by atoms with Gasteiger partial charge in [-0.2, -0.15) is 11.3 Å². The van der Waals surface area contributed by atoms with Gasteiger partial charge in [-0.05, 0) is 47.8 Å². The van der Waals surface area contributed by atoms with Gasteiger partial charge in [0.05, 0.1) is 0 Å². The van der Waals surface area contributed by atoms with E-state index in [1.54, 1.807) is 11.3 Å². The summed E-state index contributed by atoms with van der Waals surface area (Å²) in [5, 5.41) is 7.47. The van der Waals surface area contributed by atoms with Gasteiger partial charge in [0.1, 0.15) is 0 Å². The van der Waals surface area contributed by atoms with Gasteiger partial charge in [0.15, 0.2) is 0 Å². The fraction of sp³-hybridized carbons (Fsp3) is 0.400. The van der Waals surface area contributed by atoms with Crippen LogP contribution in [0.4, 0.5) is 0 Å². The molecule has 1 N–H and O–H groups in total. The molecule has 0 bridgehead atoms. The van der Waals surface area contributed by atoms with Crippen LogP contribution in [0.1, 0.15) is 19.4 Å². The van der Waals surface area contributed by atoms with Crippen molar-refractivity contribution in [2.24, 2.45) is 0 Å². The molecule has 0 aliphatic heterocycles. The van der Waals surface area contributed by atoms with Crippen LogP contribution in [0.3, 0.4) is 0 Å². The molecule has 72 valence electrons. The Labute approximate surface area is 92.0 Å². The Hall–Kier alpha value is -0.120. The number of rotatable bonds is 3. The number of likely N-dealkylation sites (N-methyl/N-ethyl adjacent to an activating group) is 1. The third kappa shape index (κ3) is 2.93. The summed E-state index contributed by atoms with van der Waals surface area (Å²) in [7, 11) is 1.98. The first-order valence-electron chi connectivity index (χ1n) is 4.22. The van der Waals surface area contributed by atoms with Crippen molar-refractivity contribution >= 4 is 33.3 Å². The highest BCUT2D eigenvalue weighted by molar-refractivity contribution is 9.10. The van der Waals surface area contributed by atoms with E-state index in [0.717, 1.165) is 0 Å². The summed E-state index contributed by atoms with van der Waals surface area (Å²) in [5.74, 6) is 0. The van der Waals surface area contributed by atoms with E-state index in [1.165, 1.54) is 15.6 Å². The Balaban J connectivity index is 2.82. The lowest BCUT2D eigenvalue weighted by atomic mass is 10.1. The van der Waals surface area contributed by atoms with Crippen molar-refractivity contribution in [2.75, 3.05) is 7.05 Å². The predicted octanol–water partition coefficient (Wildman–Crippen LogP) is 3.52. The molecule has 1 rings (SSSR count). The van der Waals surface area contributed by atoms with E-state index in [0.29, 0.717) is 6.04 Å². The molecule has 0 aliphatic rings. The monoisotopic (exact) mass is 259 g/mol. The van der Waals surface area contributed by atoms with Crippen LogP contribution in [0.2, 0.25) is 0 Å². The van der Waals surface area contributed by atoms with Crippen molar-refractivity contribution in [2.45, 2.75) is 19.9 Å². The molecule has 0 amide bonds. The standard InChI is InChI=1S/C10H14BrNS/c1-7(8(2)12-3)4-9-5-13-6-10(9)11/h4-6,8,12H,1-3H3/b7-4+. The Morgan fingerprint density at radius 1 is 1.62 bits per heavy atom. The molecule has 1 nitrogen and oxygen atoms in total. The van der Waals surface area contributed by atoms with Gasteiger partial charge < -0.3 is 5.32 Å². The SMILES string of the molecule is CNC(C)/C(C)=C/c1cscc1Br. The fourth-order valence-corrected chi connectivity index (χ4v) is 2.36. The van der Waals surface area contributed by atoms with Crippen molar-refractivity contribution in [1.82, 2.24) is 5.32 Å². The lowest BCUT2D eigenvalue weighted by Gasteiger charge is -2.10. The van der Waals surface area contributed by atoms with Crippen LogP contribution in [0.25, 0.3) is 6.08 Å². The quantitative estimate of drug-likeness (QED) is 0.876. The topological polar surface area (TPSA) is 12.0 Å². The summed E-state index contributed by atoms with van der Waals surface area (Å²) in [4.78, 5) is 0. The highest BCUT2D eigenvalue weighted by Gasteiger charge is 2.02. The van der Waals surface area contributed by atoms with Gasteiger partial charge in [0.2, 0.25) is 0 Å². The Bertz CT molecular complexity index is 304. The van der Waals surface area contributed by atoms with Crippen LogP contribution < -0.4 is 5.32 Å². The van der Waals surface area contributed by atoms with Crippen molar-refractivity contribution in [3.63, 3.8) is 0 Å². The van der Waals surface area contributed by atoms with E-state index >= 15 is 0 Å². The third-order valence-electron chi connectivity index (χ3n) is 2.14. The highest BCUT2D eigenvalue weighted by Crippen LogP contribution is 2.24. The van der Waals surface area contributed by atoms with Crippen LogP contribution in [0.15, 0.2) is 20.8 Å². The van der Waals surface area contributed by atoms with Crippen LogP contribution in [0.5, 0.6) is 0 Å². The minimum atomic E-state index is 0.437. The maximum absolute atomic E-state index is 3.51. The van der Waals surface area contributed by atoms with E-state index in [1.807, 2.05) is 7.05 Å². The lowest BCUT2D eigenvalue weighted by molar-refractivity contribution is 0.696. The van der Waals surface area contributed by atoms with E-state index in [-0.39, 0.29) is 0 Å². The van der Waals surface area contributed by atoms with Gasteiger partial charge in [-0.3, -0.25) is 0 Å². The molecular formula is C10H14BrNS. The van der Waals surface area contributed by atoms with Crippen molar-refractivity contribution in [3.05, 3.63) is 26.4 Å². The van der Waals surface area contributed by atoms with Gasteiger partial charge in [-0.25, -0.2) is 0 Å². The Morgan fingerprint density at radius 3 is 2.77 bits per heavy atom. The summed E-state index contributed by atoms with van der Waals surface area (Å²) >= 11 is 5.23. The molecule has 1 heterocycles. The molecule has 3 heteroatoms. The van der Waals surface area contributed by atoms with Gasteiger partial charge in [-0.15, -0.1) is 0 Å². The van der Waals surface area contributed by atoms with Gasteiger partial charge >= 0.3 is 0 Å². The number of hydrogen-bond donors (Lipinski definition) is 1. The van der Waals surface area contributed by atoms with E-state index < -0.39 is 0 Å². The summed E-state index contributed by atoms with van der Waals surface area (Å²) < 4.78 is 1.18. The Kier molecular flexibility index (Phi) is 4.16. The molecule has 0 saturated heterocycles. The molecule has 0 spiro atoms. The number of halogens is 1. The molecule has 0 aromatic carbocycles. The molecule has 1 aromatic heterocycles. The normalized spacial score (nSPS) is 14.6. The first-order chi connectivity index (χ1) is 6.15. The molecule has 0 saturated carbocycles. The van der Waals surface area contributed by atoms with Crippen molar-refractivity contribution in [3.8, 4) is 0 Å². The highest BCUT2D eigenvalue weighted by atomic mass is 79.9. The Morgan fingerprint density at radius 2 is 2.31 bits per heavy atom. The third-order valence-corrected chi connectivity index (χ3v) is 3.89. The smallest absolute Gasteiger partial charge is 0.0354 e. The average molecular weight is 260 g/mol. The van der Waals surface area contributed by atoms with Crippen LogP contribution in [-0.2, 0) is 0 Å². The molecule has 0 radical (unpaired) electrons. The zero-order valence-electron chi connectivity index (χ0n) is 8.10. The second kappa shape index (κ2) is 4.94. The molecule has 0 aliphatic carbocycles. The van der Waals surface area contributed by atoms with Crippen molar-refractivity contribution in [1.29, 1.82) is 0 Å². The van der Waals surface area contributed by atoms with E-state index in [2.05, 4.69) is 51.9 Å². The maximum atomic E-state index is 3.51. The van der Waals surface area contributed by atoms with E-state index in [4.69, 9.17) is 0 Å². The minimum Gasteiger partial charge on any atom is -0.314 e. The molecular weight excluding hydrogens is 246 g/mol. The molecule has 13 heavy (non-hydrogen) atoms. The van der Waals surface area contributed by atoms with Crippen LogP contribution >= 0.6 is 27.3 Å². The van der Waals surface area contributed by atoms with Crippen molar-refractivity contribution < 1.29 is 0 Å². The zero-order chi connectivity index (χ0) is 9.84. The summed E-state index contributed by atoms with van der Waals surface area (Å²) in [5.41, 5.74) is 2.62. The largest absolute Gasteiger partial charge is 0.314 e. The summed E-state index contributed by atoms with van der Waals surface area (Å²) in [6.45, 7) is 4.30. The first-order valence-corrected chi connectivity index (χ1v) is 5.96. The van der Waals surface area contributed by atoms with Crippen LogP contribution in [-0.4, -0.2) is 13.1 Å². The lowest BCUT2D eigenvalue weighted by Crippen LogP contribution is -2.21. The predicted molar refractivity (Wildman–Crippen MR) is 64.2 cm³/mol. The van der Waals surface area contributed by atoms with Gasteiger partial charge in [0.25, 0.3) is 0 Å². The molecule has 1 unspecified atom stereocenters. The second-order valence-corrected chi connectivity index (χ2v) is 4.67. The molecule has 1 aromatic rings. The second-order valence-electron chi connectivity index (χ2n) is 3.07. The summed E-state index contributed by atoms with van der Waals surface area (Å²) in [6.07, 6.45) is 2.21. The zero-order valence-corrected chi connectivity index (χ0v) is 10.5. The number of thiophene rings is 1. The average Bonchev–Trinajstić information content (AvgIpc) is 2.50.